The molecule has 1 aliphatic rings. The van der Waals surface area contributed by atoms with Gasteiger partial charge in [0.15, 0.2) is 0 Å². The fraction of sp³-hybridized carbons (Fsp3) is 0.125. The molecule has 2 aromatic rings. The van der Waals surface area contributed by atoms with Gasteiger partial charge in [-0.2, -0.15) is 0 Å². The molecule has 1 aliphatic heterocycles. The molecule has 0 aromatic heterocycles. The second-order valence-corrected chi connectivity index (χ2v) is 6.28. The van der Waals surface area contributed by atoms with Crippen LogP contribution in [0, 0.1) is 5.82 Å². The van der Waals surface area contributed by atoms with Gasteiger partial charge in [-0.15, -0.1) is 11.8 Å². The summed E-state index contributed by atoms with van der Waals surface area (Å²) in [5.41, 5.74) is 1.09. The number of rotatable bonds is 2. The van der Waals surface area contributed by atoms with Gasteiger partial charge in [0.05, 0.1) is 16.6 Å². The van der Waals surface area contributed by atoms with Crippen molar-refractivity contribution in [3.8, 4) is 0 Å². The third-order valence-corrected chi connectivity index (χ3v) is 4.47. The number of carbonyl (C=O) groups is 2. The number of hydrogen-bond acceptors (Lipinski definition) is 3. The van der Waals surface area contributed by atoms with E-state index >= 15 is 0 Å². The first-order valence-electron chi connectivity index (χ1n) is 6.72. The topological polar surface area (TPSA) is 58.2 Å². The Bertz CT molecular complexity index is 764. The van der Waals surface area contributed by atoms with Crippen LogP contribution < -0.4 is 10.6 Å². The van der Waals surface area contributed by atoms with Gasteiger partial charge >= 0.3 is 0 Å². The van der Waals surface area contributed by atoms with Crippen molar-refractivity contribution in [2.24, 2.45) is 0 Å². The largest absolute Gasteiger partial charge is 0.324 e. The lowest BCUT2D eigenvalue weighted by Gasteiger charge is -2.21. The minimum Gasteiger partial charge on any atom is -0.324 e. The zero-order chi connectivity index (χ0) is 15.7. The van der Waals surface area contributed by atoms with Gasteiger partial charge in [0.25, 0.3) is 5.91 Å². The Morgan fingerprint density at radius 1 is 1.27 bits per heavy atom. The molecule has 3 rings (SSSR count). The van der Waals surface area contributed by atoms with Crippen LogP contribution in [0.15, 0.2) is 47.4 Å². The Morgan fingerprint density at radius 3 is 2.82 bits per heavy atom. The number of hydrogen-bond donors (Lipinski definition) is 2. The quantitative estimate of drug-likeness (QED) is 0.891. The maximum absolute atomic E-state index is 13.6. The van der Waals surface area contributed by atoms with Crippen molar-refractivity contribution in [2.45, 2.75) is 17.1 Å². The van der Waals surface area contributed by atoms with E-state index in [0.717, 1.165) is 4.90 Å². The first-order valence-corrected chi connectivity index (χ1v) is 7.60. The van der Waals surface area contributed by atoms with E-state index in [0.29, 0.717) is 11.3 Å². The Morgan fingerprint density at radius 2 is 2.05 bits per heavy atom. The van der Waals surface area contributed by atoms with E-state index in [4.69, 9.17) is 0 Å². The predicted octanol–water partition coefficient (Wildman–Crippen LogP) is 3.51. The second kappa shape index (κ2) is 5.81. The van der Waals surface area contributed by atoms with Crippen molar-refractivity contribution < 1.29 is 14.0 Å². The molecule has 112 valence electrons. The van der Waals surface area contributed by atoms with E-state index in [1.54, 1.807) is 30.3 Å². The normalized spacial score (nSPS) is 16.6. The van der Waals surface area contributed by atoms with Crippen LogP contribution in [0.1, 0.15) is 17.3 Å². The highest BCUT2D eigenvalue weighted by Crippen LogP contribution is 2.36. The second-order valence-electron chi connectivity index (χ2n) is 4.89. The third-order valence-electron chi connectivity index (χ3n) is 3.29. The van der Waals surface area contributed by atoms with Crippen molar-refractivity contribution in [2.75, 3.05) is 10.6 Å². The number of nitrogens with one attached hydrogen (secondary N) is 2. The molecule has 2 aromatic carbocycles. The van der Waals surface area contributed by atoms with E-state index in [9.17, 15) is 14.0 Å². The highest BCUT2D eigenvalue weighted by Gasteiger charge is 2.23. The molecule has 0 fully saturated rings. The SMILES string of the molecule is C[C@H]1Sc2ccc(C(=O)Nc3ccccc3F)cc2NC1=O. The van der Waals surface area contributed by atoms with Crippen LogP contribution in [0.2, 0.25) is 0 Å². The van der Waals surface area contributed by atoms with Crippen molar-refractivity contribution in [3.63, 3.8) is 0 Å². The predicted molar refractivity (Wildman–Crippen MR) is 84.7 cm³/mol. The van der Waals surface area contributed by atoms with Crippen LogP contribution in [0.3, 0.4) is 0 Å². The summed E-state index contributed by atoms with van der Waals surface area (Å²) in [6.07, 6.45) is 0. The van der Waals surface area contributed by atoms with E-state index in [1.807, 2.05) is 6.92 Å². The summed E-state index contributed by atoms with van der Waals surface area (Å²) in [5.74, 6) is -1.01. The van der Waals surface area contributed by atoms with Gasteiger partial charge in [-0.25, -0.2) is 4.39 Å². The van der Waals surface area contributed by atoms with E-state index < -0.39 is 11.7 Å². The molecule has 0 bridgehead atoms. The van der Waals surface area contributed by atoms with E-state index in [-0.39, 0.29) is 16.8 Å². The average Bonchev–Trinajstić information content (AvgIpc) is 2.50. The van der Waals surface area contributed by atoms with Crippen LogP contribution >= 0.6 is 11.8 Å². The average molecular weight is 316 g/mol. The molecule has 0 aliphatic carbocycles. The molecule has 2 amide bonds. The number of thioether (sulfide) groups is 1. The maximum Gasteiger partial charge on any atom is 0.255 e. The molecule has 0 saturated carbocycles. The van der Waals surface area contributed by atoms with Crippen LogP contribution in [0.4, 0.5) is 15.8 Å². The fourth-order valence-electron chi connectivity index (χ4n) is 2.11. The zero-order valence-corrected chi connectivity index (χ0v) is 12.5. The molecule has 2 N–H and O–H groups in total. The maximum atomic E-state index is 13.6. The van der Waals surface area contributed by atoms with Crippen molar-refractivity contribution >= 4 is 35.0 Å². The molecule has 0 spiro atoms. The lowest BCUT2D eigenvalue weighted by molar-refractivity contribution is -0.115. The van der Waals surface area contributed by atoms with Gasteiger partial charge in [0, 0.05) is 10.5 Å². The molecular formula is C16H13FN2O2S. The molecule has 0 unspecified atom stereocenters. The first-order chi connectivity index (χ1) is 10.5. The van der Waals surface area contributed by atoms with Crippen LogP contribution in [-0.4, -0.2) is 17.1 Å². The number of anilines is 2. The summed E-state index contributed by atoms with van der Waals surface area (Å²) in [4.78, 5) is 24.8. The van der Waals surface area contributed by atoms with Crippen molar-refractivity contribution in [1.29, 1.82) is 0 Å². The summed E-state index contributed by atoms with van der Waals surface area (Å²) in [6.45, 7) is 1.82. The van der Waals surface area contributed by atoms with Crippen molar-refractivity contribution in [1.82, 2.24) is 0 Å². The molecule has 4 nitrogen and oxygen atoms in total. The molecule has 1 atom stereocenters. The standard InChI is InChI=1S/C16H13FN2O2S/c1-9-15(20)19-13-8-10(6-7-14(13)22-9)16(21)18-12-5-3-2-4-11(12)17/h2-9H,1H3,(H,18,21)(H,19,20)/t9-/m1/s1. The Hall–Kier alpha value is -2.34. The number of fused-ring (bicyclic) bond motifs is 1. The van der Waals surface area contributed by atoms with Gasteiger partial charge < -0.3 is 10.6 Å². The number of halogens is 1. The van der Waals surface area contributed by atoms with Gasteiger partial charge in [-0.3, -0.25) is 9.59 Å². The van der Waals surface area contributed by atoms with Gasteiger partial charge in [-0.05, 0) is 37.3 Å². The highest BCUT2D eigenvalue weighted by atomic mass is 32.2. The van der Waals surface area contributed by atoms with Gasteiger partial charge in [0.2, 0.25) is 5.91 Å². The molecule has 0 saturated heterocycles. The van der Waals surface area contributed by atoms with Crippen LogP contribution in [0.25, 0.3) is 0 Å². The number of amides is 2. The molecule has 22 heavy (non-hydrogen) atoms. The summed E-state index contributed by atoms with van der Waals surface area (Å²) >= 11 is 1.44. The molecular weight excluding hydrogens is 303 g/mol. The van der Waals surface area contributed by atoms with E-state index in [1.165, 1.54) is 23.9 Å². The number of benzene rings is 2. The summed E-state index contributed by atoms with van der Waals surface area (Å²) < 4.78 is 13.6. The number of carbonyl (C=O) groups excluding carboxylic acids is 2. The summed E-state index contributed by atoms with van der Waals surface area (Å²) in [5, 5.41) is 5.12. The highest BCUT2D eigenvalue weighted by molar-refractivity contribution is 8.00. The molecule has 1 heterocycles. The van der Waals surface area contributed by atoms with Crippen LogP contribution in [0.5, 0.6) is 0 Å². The molecule has 0 radical (unpaired) electrons. The van der Waals surface area contributed by atoms with E-state index in [2.05, 4.69) is 10.6 Å². The number of para-hydroxylation sites is 1. The molecule has 6 heteroatoms. The van der Waals surface area contributed by atoms with Crippen molar-refractivity contribution in [3.05, 3.63) is 53.8 Å². The zero-order valence-electron chi connectivity index (χ0n) is 11.7. The Balaban J connectivity index is 1.84. The monoisotopic (exact) mass is 316 g/mol. The van der Waals surface area contributed by atoms with Gasteiger partial charge in [-0.1, -0.05) is 12.1 Å². The summed E-state index contributed by atoms with van der Waals surface area (Å²) in [6, 6.07) is 11.0. The minimum atomic E-state index is -0.494. The van der Waals surface area contributed by atoms with Gasteiger partial charge in [0.1, 0.15) is 5.82 Å². The Labute approximate surface area is 131 Å². The fourth-order valence-corrected chi connectivity index (χ4v) is 3.04. The first kappa shape index (κ1) is 14.6. The lowest BCUT2D eigenvalue weighted by Crippen LogP contribution is -2.26. The smallest absolute Gasteiger partial charge is 0.255 e. The third kappa shape index (κ3) is 2.82. The van der Waals surface area contributed by atoms with Crippen LogP contribution in [-0.2, 0) is 4.79 Å². The Kier molecular flexibility index (Phi) is 3.85. The lowest BCUT2D eigenvalue weighted by atomic mass is 10.1. The summed E-state index contributed by atoms with van der Waals surface area (Å²) in [7, 11) is 0. The minimum absolute atomic E-state index is 0.0934.